The number of ketones is 1. The Kier molecular flexibility index (Phi) is 7.24. The van der Waals surface area contributed by atoms with Crippen LogP contribution >= 0.6 is 0 Å². The van der Waals surface area contributed by atoms with Gasteiger partial charge in [-0.15, -0.1) is 0 Å². The summed E-state index contributed by atoms with van der Waals surface area (Å²) in [6, 6.07) is 4.23. The summed E-state index contributed by atoms with van der Waals surface area (Å²) in [6.45, 7) is 3.65. The number of halogens is 3. The second-order valence-corrected chi connectivity index (χ2v) is 8.40. The second-order valence-electron chi connectivity index (χ2n) is 8.40. The lowest BCUT2D eigenvalue weighted by molar-refractivity contribution is -0.161. The van der Waals surface area contributed by atoms with Crippen LogP contribution in [0.2, 0.25) is 0 Å². The molecule has 2 heterocycles. The number of nitrogens with one attached hydrogen (secondary N) is 2. The maximum Gasteiger partial charge on any atom is 0.416 e. The molecule has 10 heteroatoms. The Labute approximate surface area is 184 Å². The minimum atomic E-state index is -4.53. The fourth-order valence-corrected chi connectivity index (χ4v) is 4.41. The van der Waals surface area contributed by atoms with Crippen LogP contribution in [0, 0.1) is 5.41 Å². The van der Waals surface area contributed by atoms with Crippen LogP contribution in [-0.4, -0.2) is 54.3 Å². The summed E-state index contributed by atoms with van der Waals surface area (Å²) in [5.74, 6) is -0.813. The van der Waals surface area contributed by atoms with Gasteiger partial charge in [-0.1, -0.05) is 18.2 Å². The summed E-state index contributed by atoms with van der Waals surface area (Å²) >= 11 is 0. The SMILES string of the molecule is CCOC(=O)C1(Cc2ccccc2C(F)(F)F)CCN(C(=O)C2CC(C(C)=O)NN2)CC1. The highest BCUT2D eigenvalue weighted by molar-refractivity contribution is 5.87. The van der Waals surface area contributed by atoms with Crippen LogP contribution in [0.15, 0.2) is 24.3 Å². The molecular formula is C22H28F3N3O4. The molecule has 2 saturated heterocycles. The first-order valence-corrected chi connectivity index (χ1v) is 10.7. The van der Waals surface area contributed by atoms with Crippen molar-refractivity contribution in [3.05, 3.63) is 35.4 Å². The van der Waals surface area contributed by atoms with Gasteiger partial charge in [0.05, 0.1) is 23.6 Å². The largest absolute Gasteiger partial charge is 0.466 e. The molecule has 176 valence electrons. The molecule has 0 aliphatic carbocycles. The molecule has 0 bridgehead atoms. The zero-order chi connectivity index (χ0) is 23.5. The molecule has 7 nitrogen and oxygen atoms in total. The van der Waals surface area contributed by atoms with Crippen LogP contribution in [0.4, 0.5) is 13.2 Å². The molecule has 2 N–H and O–H groups in total. The Morgan fingerprint density at radius 1 is 1.12 bits per heavy atom. The predicted octanol–water partition coefficient (Wildman–Crippen LogP) is 2.24. The lowest BCUT2D eigenvalue weighted by Gasteiger charge is -2.41. The van der Waals surface area contributed by atoms with E-state index in [4.69, 9.17) is 4.74 Å². The van der Waals surface area contributed by atoms with E-state index in [9.17, 15) is 27.6 Å². The van der Waals surface area contributed by atoms with E-state index in [0.717, 1.165) is 6.07 Å². The van der Waals surface area contributed by atoms with Gasteiger partial charge in [-0.2, -0.15) is 13.2 Å². The van der Waals surface area contributed by atoms with E-state index in [-0.39, 0.29) is 56.2 Å². The number of alkyl halides is 3. The molecule has 2 unspecified atom stereocenters. The van der Waals surface area contributed by atoms with Crippen LogP contribution in [0.1, 0.15) is 44.2 Å². The van der Waals surface area contributed by atoms with Crippen molar-refractivity contribution in [2.24, 2.45) is 5.41 Å². The van der Waals surface area contributed by atoms with Crippen LogP contribution < -0.4 is 10.9 Å². The maximum absolute atomic E-state index is 13.5. The first-order chi connectivity index (χ1) is 15.1. The van der Waals surface area contributed by atoms with Crippen molar-refractivity contribution in [1.29, 1.82) is 0 Å². The molecule has 3 rings (SSSR count). The third kappa shape index (κ3) is 5.12. The molecular weight excluding hydrogens is 427 g/mol. The molecule has 2 atom stereocenters. The summed E-state index contributed by atoms with van der Waals surface area (Å²) in [7, 11) is 0. The maximum atomic E-state index is 13.5. The zero-order valence-corrected chi connectivity index (χ0v) is 18.1. The molecule has 0 saturated carbocycles. The molecule has 1 aromatic carbocycles. The molecule has 1 aromatic rings. The Morgan fingerprint density at radius 3 is 2.31 bits per heavy atom. The highest BCUT2D eigenvalue weighted by atomic mass is 19.4. The Morgan fingerprint density at radius 2 is 1.75 bits per heavy atom. The van der Waals surface area contributed by atoms with Gasteiger partial charge < -0.3 is 9.64 Å². The van der Waals surface area contributed by atoms with E-state index in [1.165, 1.54) is 25.1 Å². The predicted molar refractivity (Wildman–Crippen MR) is 109 cm³/mol. The first kappa shape index (κ1) is 24.2. The van der Waals surface area contributed by atoms with Crippen molar-refractivity contribution in [2.75, 3.05) is 19.7 Å². The summed E-state index contributed by atoms with van der Waals surface area (Å²) in [5.41, 5.74) is 3.77. The Hall–Kier alpha value is -2.46. The fraction of sp³-hybridized carbons (Fsp3) is 0.591. The number of Topliss-reactive ketones (excluding diaryl/α,β-unsaturated/α-hetero) is 1. The van der Waals surface area contributed by atoms with Gasteiger partial charge in [-0.3, -0.25) is 14.4 Å². The smallest absolute Gasteiger partial charge is 0.416 e. The van der Waals surface area contributed by atoms with Crippen LogP contribution in [0.5, 0.6) is 0 Å². The number of hydrogen-bond donors (Lipinski definition) is 2. The van der Waals surface area contributed by atoms with Gasteiger partial charge in [0.15, 0.2) is 0 Å². The minimum absolute atomic E-state index is 0.0405. The number of likely N-dealkylation sites (tertiary alicyclic amines) is 1. The van der Waals surface area contributed by atoms with E-state index in [1.807, 2.05) is 0 Å². The third-order valence-corrected chi connectivity index (χ3v) is 6.28. The van der Waals surface area contributed by atoms with E-state index >= 15 is 0 Å². The van der Waals surface area contributed by atoms with E-state index < -0.39 is 35.2 Å². The number of amides is 1. The molecule has 32 heavy (non-hydrogen) atoms. The number of nitrogens with zero attached hydrogens (tertiary/aromatic N) is 1. The highest BCUT2D eigenvalue weighted by Crippen LogP contribution is 2.40. The van der Waals surface area contributed by atoms with Crippen LogP contribution in [0.25, 0.3) is 0 Å². The van der Waals surface area contributed by atoms with Gasteiger partial charge >= 0.3 is 12.1 Å². The quantitative estimate of drug-likeness (QED) is 0.640. The van der Waals surface area contributed by atoms with Crippen molar-refractivity contribution in [1.82, 2.24) is 15.8 Å². The van der Waals surface area contributed by atoms with E-state index in [0.29, 0.717) is 6.42 Å². The van der Waals surface area contributed by atoms with Gasteiger partial charge in [-0.25, -0.2) is 10.9 Å². The molecule has 2 fully saturated rings. The van der Waals surface area contributed by atoms with Gasteiger partial charge in [0.1, 0.15) is 11.8 Å². The van der Waals surface area contributed by atoms with Crippen LogP contribution in [-0.2, 0) is 31.7 Å². The topological polar surface area (TPSA) is 87.7 Å². The fourth-order valence-electron chi connectivity index (χ4n) is 4.41. The monoisotopic (exact) mass is 455 g/mol. The minimum Gasteiger partial charge on any atom is -0.466 e. The zero-order valence-electron chi connectivity index (χ0n) is 18.1. The van der Waals surface area contributed by atoms with Crippen molar-refractivity contribution in [3.8, 4) is 0 Å². The summed E-state index contributed by atoms with van der Waals surface area (Å²) in [6.07, 6.45) is -3.93. The van der Waals surface area contributed by atoms with Gasteiger partial charge in [-0.05, 0) is 51.2 Å². The third-order valence-electron chi connectivity index (χ3n) is 6.28. The lowest BCUT2D eigenvalue weighted by Crippen LogP contribution is -2.52. The van der Waals surface area contributed by atoms with Crippen molar-refractivity contribution < 1.29 is 32.3 Å². The lowest BCUT2D eigenvalue weighted by atomic mass is 9.73. The number of carbonyl (C=O) groups excluding carboxylic acids is 3. The van der Waals surface area contributed by atoms with Crippen LogP contribution in [0.3, 0.4) is 0 Å². The molecule has 0 aromatic heterocycles. The Bertz CT molecular complexity index is 866. The number of hydrogen-bond acceptors (Lipinski definition) is 6. The number of hydrazine groups is 1. The second kappa shape index (κ2) is 9.58. The van der Waals surface area contributed by atoms with E-state index in [1.54, 1.807) is 11.8 Å². The number of esters is 1. The first-order valence-electron chi connectivity index (χ1n) is 10.7. The number of rotatable bonds is 6. The molecule has 0 radical (unpaired) electrons. The van der Waals surface area contributed by atoms with Gasteiger partial charge in [0.25, 0.3) is 0 Å². The molecule has 0 spiro atoms. The number of ether oxygens (including phenoxy) is 1. The average molecular weight is 455 g/mol. The van der Waals surface area contributed by atoms with Gasteiger partial charge in [0.2, 0.25) is 5.91 Å². The van der Waals surface area contributed by atoms with E-state index in [2.05, 4.69) is 10.9 Å². The normalized spacial score (nSPS) is 23.1. The van der Waals surface area contributed by atoms with Crippen molar-refractivity contribution in [3.63, 3.8) is 0 Å². The van der Waals surface area contributed by atoms with Crippen molar-refractivity contribution >= 4 is 17.7 Å². The molecule has 1 amide bonds. The average Bonchev–Trinajstić information content (AvgIpc) is 3.24. The summed E-state index contributed by atoms with van der Waals surface area (Å²) in [4.78, 5) is 38.9. The summed E-state index contributed by atoms with van der Waals surface area (Å²) in [5, 5.41) is 0. The van der Waals surface area contributed by atoms with Crippen molar-refractivity contribution in [2.45, 2.75) is 57.8 Å². The number of benzene rings is 1. The molecule has 2 aliphatic rings. The standard InChI is InChI=1S/C22H28F3N3O4/c1-3-32-20(31)21(13-15-6-4-5-7-16(15)22(23,24)25)8-10-28(11-9-21)19(30)18-12-17(14(2)29)26-27-18/h4-7,17-18,26-27H,3,8-13H2,1-2H3. The highest BCUT2D eigenvalue weighted by Gasteiger charge is 2.46. The number of piperidine rings is 1. The molecule has 2 aliphatic heterocycles. The van der Waals surface area contributed by atoms with Gasteiger partial charge in [0, 0.05) is 13.1 Å². The Balaban J connectivity index is 1.76. The summed E-state index contributed by atoms with van der Waals surface area (Å²) < 4.78 is 45.7. The number of carbonyl (C=O) groups is 3.